The lowest BCUT2D eigenvalue weighted by Crippen LogP contribution is -2.49. The monoisotopic (exact) mass is 700 g/mol. The maximum absolute atomic E-state index is 12.5. The third kappa shape index (κ3) is 9.48. The zero-order valence-electron chi connectivity index (χ0n) is 27.1. The number of aliphatic hydroxyl groups is 5. The van der Waals surface area contributed by atoms with Crippen LogP contribution in [-0.2, 0) is 21.7 Å². The maximum Gasteiger partial charge on any atom is 0.222 e. The number of hydrogen-bond donors (Lipinski definition) is 5. The Morgan fingerprint density at radius 2 is 1.79 bits per heavy atom. The number of thioether (sulfide) groups is 1. The van der Waals surface area contributed by atoms with Crippen molar-refractivity contribution in [3.63, 3.8) is 0 Å². The van der Waals surface area contributed by atoms with Crippen LogP contribution in [0.3, 0.4) is 0 Å². The zero-order valence-corrected chi connectivity index (χ0v) is 28.7. The van der Waals surface area contributed by atoms with Crippen LogP contribution in [0.4, 0.5) is 0 Å². The third-order valence-electron chi connectivity index (χ3n) is 8.80. The van der Waals surface area contributed by atoms with Gasteiger partial charge in [0.25, 0.3) is 0 Å². The molecule has 2 fully saturated rings. The molecule has 1 heterocycles. The summed E-state index contributed by atoms with van der Waals surface area (Å²) >= 11 is 8.28. The van der Waals surface area contributed by atoms with Gasteiger partial charge in [-0.25, -0.2) is 0 Å². The number of benzene rings is 2. The average molecular weight is 701 g/mol. The molecular formula is C36H45ClN2O8S. The molecule has 3 aromatic rings. The zero-order chi connectivity index (χ0) is 34.3. The van der Waals surface area contributed by atoms with Gasteiger partial charge in [-0.2, -0.15) is 0 Å². The summed E-state index contributed by atoms with van der Waals surface area (Å²) in [6, 6.07) is 16.1. The number of rotatable bonds is 19. The van der Waals surface area contributed by atoms with Crippen molar-refractivity contribution in [2.75, 3.05) is 26.0 Å². The molecule has 1 amide bonds. The SMILES string of the molecule is CN(CC(O)C(O)C(O)C(O)CO)C(=O)CCCCSc1ccc(Cl)c(COC2(c3cnccc3-c3ccccc3OC3CC3)CC2)c1. The number of amides is 1. The van der Waals surface area contributed by atoms with Crippen LogP contribution in [-0.4, -0.2) is 97.8 Å². The smallest absolute Gasteiger partial charge is 0.222 e. The molecule has 2 aliphatic rings. The normalized spacial score (nSPS) is 17.7. The topological polar surface area (TPSA) is 153 Å². The van der Waals surface area contributed by atoms with Crippen molar-refractivity contribution in [3.8, 4) is 16.9 Å². The minimum atomic E-state index is -1.73. The number of halogens is 1. The number of unbranched alkanes of at least 4 members (excludes halogenated alkanes) is 1. The molecule has 4 unspecified atom stereocenters. The fourth-order valence-electron chi connectivity index (χ4n) is 5.53. The molecule has 0 saturated heterocycles. The van der Waals surface area contributed by atoms with Crippen molar-refractivity contribution in [2.45, 2.75) is 92.6 Å². The van der Waals surface area contributed by atoms with Crippen molar-refractivity contribution >= 4 is 29.3 Å². The molecule has 10 nitrogen and oxygen atoms in total. The van der Waals surface area contributed by atoms with Crippen LogP contribution in [0.5, 0.6) is 5.75 Å². The molecule has 48 heavy (non-hydrogen) atoms. The first-order valence-electron chi connectivity index (χ1n) is 16.4. The summed E-state index contributed by atoms with van der Waals surface area (Å²) in [6.07, 6.45) is 3.17. The lowest BCUT2D eigenvalue weighted by atomic mass is 9.96. The van der Waals surface area contributed by atoms with E-state index in [0.29, 0.717) is 24.2 Å². The number of ether oxygens (including phenoxy) is 2. The van der Waals surface area contributed by atoms with Gasteiger partial charge in [-0.05, 0) is 85.7 Å². The first-order valence-corrected chi connectivity index (χ1v) is 17.8. The van der Waals surface area contributed by atoms with E-state index in [1.165, 1.54) is 11.9 Å². The predicted molar refractivity (Wildman–Crippen MR) is 184 cm³/mol. The Labute approximate surface area is 290 Å². The number of pyridine rings is 1. The standard InChI is InChI=1S/C36H45ClN2O8S/c1-39(20-30(41)34(44)35(45)31(42)21-40)33(43)8-4-5-17-48-25-11-12-29(37)23(18-25)22-46-36(14-15-36)28-19-38-16-13-26(28)27-6-2-3-7-32(27)47-24-9-10-24/h2-3,6-7,11-13,16,18-19,24,30-31,34-35,40-42,44-45H,4-5,8-10,14-15,17,20-22H2,1H3. The molecule has 5 N–H and O–H groups in total. The van der Waals surface area contributed by atoms with Crippen molar-refractivity contribution in [3.05, 3.63) is 77.1 Å². The highest BCUT2D eigenvalue weighted by molar-refractivity contribution is 7.99. The van der Waals surface area contributed by atoms with Crippen LogP contribution in [0.2, 0.25) is 5.02 Å². The van der Waals surface area contributed by atoms with Crippen molar-refractivity contribution in [1.29, 1.82) is 0 Å². The molecule has 0 bridgehead atoms. The van der Waals surface area contributed by atoms with Crippen molar-refractivity contribution in [1.82, 2.24) is 9.88 Å². The van der Waals surface area contributed by atoms with E-state index in [2.05, 4.69) is 17.1 Å². The molecule has 0 radical (unpaired) electrons. The molecule has 2 aromatic carbocycles. The summed E-state index contributed by atoms with van der Waals surface area (Å²) in [5.74, 6) is 1.47. The van der Waals surface area contributed by atoms with E-state index in [-0.39, 0.29) is 18.9 Å². The van der Waals surface area contributed by atoms with E-state index in [1.54, 1.807) is 11.8 Å². The number of nitrogens with zero attached hydrogens (tertiary/aromatic N) is 2. The van der Waals surface area contributed by atoms with Gasteiger partial charge in [0.15, 0.2) is 0 Å². The van der Waals surface area contributed by atoms with Crippen molar-refractivity contribution < 1.29 is 39.8 Å². The molecule has 12 heteroatoms. The van der Waals surface area contributed by atoms with E-state index in [1.807, 2.05) is 48.8 Å². The Morgan fingerprint density at radius 1 is 1.04 bits per heavy atom. The minimum Gasteiger partial charge on any atom is -0.490 e. The van der Waals surface area contributed by atoms with Crippen LogP contribution in [0.15, 0.2) is 65.8 Å². The summed E-state index contributed by atoms with van der Waals surface area (Å²) in [6.45, 7) is -0.618. The van der Waals surface area contributed by atoms with Gasteiger partial charge in [-0.3, -0.25) is 9.78 Å². The summed E-state index contributed by atoms with van der Waals surface area (Å²) < 4.78 is 12.8. The second-order valence-electron chi connectivity index (χ2n) is 12.6. The van der Waals surface area contributed by atoms with Gasteiger partial charge in [-0.15, -0.1) is 11.8 Å². The quantitative estimate of drug-likeness (QED) is 0.0904. The number of aromatic nitrogens is 1. The van der Waals surface area contributed by atoms with Crippen LogP contribution in [0, 0.1) is 0 Å². The van der Waals surface area contributed by atoms with Gasteiger partial charge in [0.2, 0.25) is 5.91 Å². The summed E-state index contributed by atoms with van der Waals surface area (Å²) in [5, 5.41) is 49.0. The fraction of sp³-hybridized carbons (Fsp3) is 0.500. The van der Waals surface area contributed by atoms with Gasteiger partial charge in [0.05, 0.1) is 24.9 Å². The lowest BCUT2D eigenvalue weighted by Gasteiger charge is -2.28. The third-order valence-corrected chi connectivity index (χ3v) is 10.2. The second-order valence-corrected chi connectivity index (χ2v) is 14.2. The molecule has 2 saturated carbocycles. The fourth-order valence-corrected chi connectivity index (χ4v) is 6.68. The summed E-state index contributed by atoms with van der Waals surface area (Å²) in [7, 11) is 1.50. The molecule has 1 aromatic heterocycles. The molecule has 0 spiro atoms. The van der Waals surface area contributed by atoms with E-state index in [4.69, 9.17) is 26.2 Å². The van der Waals surface area contributed by atoms with Gasteiger partial charge in [0.1, 0.15) is 30.2 Å². The maximum atomic E-state index is 12.5. The largest absolute Gasteiger partial charge is 0.490 e. The number of likely N-dealkylation sites (N-methyl/N-ethyl adjacent to an activating group) is 1. The number of para-hydroxylation sites is 1. The van der Waals surface area contributed by atoms with Crippen LogP contribution >= 0.6 is 23.4 Å². The number of aliphatic hydroxyl groups excluding tert-OH is 5. The molecule has 5 rings (SSSR count). The molecular weight excluding hydrogens is 656 g/mol. The van der Waals surface area contributed by atoms with Gasteiger partial charge < -0.3 is 39.9 Å². The minimum absolute atomic E-state index is 0.209. The number of hydrogen-bond acceptors (Lipinski definition) is 10. The first kappa shape index (κ1) is 36.5. The first-order chi connectivity index (χ1) is 23.1. The Balaban J connectivity index is 1.10. The van der Waals surface area contributed by atoms with Crippen LogP contribution < -0.4 is 4.74 Å². The average Bonchev–Trinajstić information content (AvgIpc) is 4.05. The van der Waals surface area contributed by atoms with E-state index in [9.17, 15) is 25.2 Å². The van der Waals surface area contributed by atoms with Gasteiger partial charge in [0, 0.05) is 53.5 Å². The van der Waals surface area contributed by atoms with E-state index in [0.717, 1.165) is 70.8 Å². The Hall–Kier alpha value is -2.74. The van der Waals surface area contributed by atoms with Crippen LogP contribution in [0.1, 0.15) is 56.1 Å². The second kappa shape index (κ2) is 16.8. The van der Waals surface area contributed by atoms with Gasteiger partial charge >= 0.3 is 0 Å². The molecule has 4 atom stereocenters. The summed E-state index contributed by atoms with van der Waals surface area (Å²) in [5.41, 5.74) is 3.65. The Morgan fingerprint density at radius 3 is 2.52 bits per heavy atom. The summed E-state index contributed by atoms with van der Waals surface area (Å²) in [4.78, 5) is 19.3. The number of carbonyl (C=O) groups is 1. The molecule has 260 valence electrons. The number of carbonyl (C=O) groups excluding carboxylic acids is 1. The van der Waals surface area contributed by atoms with Gasteiger partial charge in [-0.1, -0.05) is 29.8 Å². The molecule has 0 aliphatic heterocycles. The van der Waals surface area contributed by atoms with E-state index >= 15 is 0 Å². The Kier molecular flexibility index (Phi) is 12.8. The lowest BCUT2D eigenvalue weighted by molar-refractivity contribution is -0.138. The highest BCUT2D eigenvalue weighted by Gasteiger charge is 2.48. The highest BCUT2D eigenvalue weighted by Crippen LogP contribution is 2.53. The Bertz CT molecular complexity index is 1520. The highest BCUT2D eigenvalue weighted by atomic mass is 35.5. The van der Waals surface area contributed by atoms with E-state index < -0.39 is 36.6 Å². The van der Waals surface area contributed by atoms with Crippen molar-refractivity contribution in [2.24, 2.45) is 0 Å². The van der Waals surface area contributed by atoms with Crippen LogP contribution in [0.25, 0.3) is 11.1 Å². The molecule has 2 aliphatic carbocycles. The predicted octanol–water partition coefficient (Wildman–Crippen LogP) is 4.31.